The average molecular weight is 329 g/mol. The second kappa shape index (κ2) is 7.78. The van der Waals surface area contributed by atoms with E-state index in [1.807, 2.05) is 6.92 Å². The van der Waals surface area contributed by atoms with Gasteiger partial charge in [-0.25, -0.2) is 0 Å². The first-order valence-electron chi connectivity index (χ1n) is 5.97. The van der Waals surface area contributed by atoms with Gasteiger partial charge in [-0.05, 0) is 41.1 Å². The minimum atomic E-state index is -0.241. The van der Waals surface area contributed by atoms with Crippen LogP contribution < -0.4 is 15.4 Å². The second-order valence-electron chi connectivity index (χ2n) is 3.81. The zero-order valence-corrected chi connectivity index (χ0v) is 12.5. The fraction of sp³-hybridized carbons (Fsp3) is 0.385. The third-order valence-electron chi connectivity index (χ3n) is 2.43. The van der Waals surface area contributed by atoms with Crippen molar-refractivity contribution >= 4 is 27.7 Å². The van der Waals surface area contributed by atoms with Crippen LogP contribution in [0.4, 0.5) is 0 Å². The molecule has 0 unspecified atom stereocenters. The normalized spacial score (nSPS) is 9.84. The number of carbonyl (C=O) groups is 2. The summed E-state index contributed by atoms with van der Waals surface area (Å²) in [5, 5.41) is 5.36. The van der Waals surface area contributed by atoms with E-state index in [1.54, 1.807) is 25.3 Å². The van der Waals surface area contributed by atoms with E-state index in [2.05, 4.69) is 26.6 Å². The quantitative estimate of drug-likeness (QED) is 0.835. The highest BCUT2D eigenvalue weighted by molar-refractivity contribution is 9.10. The number of ether oxygens (including phenoxy) is 1. The van der Waals surface area contributed by atoms with E-state index in [0.717, 1.165) is 0 Å². The van der Waals surface area contributed by atoms with E-state index in [0.29, 0.717) is 28.9 Å². The highest BCUT2D eigenvalue weighted by Gasteiger charge is 2.11. The van der Waals surface area contributed by atoms with Crippen molar-refractivity contribution in [1.82, 2.24) is 10.6 Å². The Kier molecular flexibility index (Phi) is 6.35. The van der Waals surface area contributed by atoms with Crippen LogP contribution in [-0.2, 0) is 4.79 Å². The molecule has 0 bridgehead atoms. The highest BCUT2D eigenvalue weighted by Crippen LogP contribution is 2.22. The largest absolute Gasteiger partial charge is 0.497 e. The zero-order chi connectivity index (χ0) is 14.3. The van der Waals surface area contributed by atoms with Gasteiger partial charge in [-0.1, -0.05) is 0 Å². The van der Waals surface area contributed by atoms with Crippen LogP contribution in [0, 0.1) is 0 Å². The topological polar surface area (TPSA) is 67.4 Å². The van der Waals surface area contributed by atoms with Crippen molar-refractivity contribution in [2.24, 2.45) is 0 Å². The molecule has 0 spiro atoms. The first-order valence-corrected chi connectivity index (χ1v) is 6.76. The Hall–Kier alpha value is -1.56. The number of halogens is 1. The van der Waals surface area contributed by atoms with Crippen LogP contribution >= 0.6 is 15.9 Å². The van der Waals surface area contributed by atoms with Gasteiger partial charge in [-0.2, -0.15) is 0 Å². The summed E-state index contributed by atoms with van der Waals surface area (Å²) in [6.45, 7) is 2.74. The average Bonchev–Trinajstić information content (AvgIpc) is 2.39. The molecule has 0 aromatic heterocycles. The molecule has 1 rings (SSSR count). The van der Waals surface area contributed by atoms with Gasteiger partial charge in [0.05, 0.1) is 12.7 Å². The van der Waals surface area contributed by atoms with Crippen LogP contribution in [0.15, 0.2) is 22.7 Å². The predicted molar refractivity (Wildman–Crippen MR) is 76.3 cm³/mol. The standard InChI is InChI=1S/C13H17BrN2O3/c1-3-15-12(17)6-7-16-13(18)10-8-9(19-2)4-5-11(10)14/h4-5,8H,3,6-7H2,1-2H3,(H,15,17)(H,16,18). The number of rotatable bonds is 6. The van der Waals surface area contributed by atoms with Crippen LogP contribution in [0.1, 0.15) is 23.7 Å². The van der Waals surface area contributed by atoms with Crippen LogP contribution in [-0.4, -0.2) is 32.0 Å². The Bertz CT molecular complexity index is 463. The lowest BCUT2D eigenvalue weighted by atomic mass is 10.2. The number of carbonyl (C=O) groups excluding carboxylic acids is 2. The van der Waals surface area contributed by atoms with Crippen LogP contribution in [0.5, 0.6) is 5.75 Å². The number of hydrogen-bond donors (Lipinski definition) is 2. The molecule has 1 aromatic rings. The van der Waals surface area contributed by atoms with Gasteiger partial charge in [0, 0.05) is 24.0 Å². The maximum absolute atomic E-state index is 11.9. The minimum absolute atomic E-state index is 0.0764. The lowest BCUT2D eigenvalue weighted by molar-refractivity contribution is -0.120. The van der Waals surface area contributed by atoms with Gasteiger partial charge in [-0.15, -0.1) is 0 Å². The Balaban J connectivity index is 2.56. The minimum Gasteiger partial charge on any atom is -0.497 e. The molecule has 5 nitrogen and oxygen atoms in total. The smallest absolute Gasteiger partial charge is 0.252 e. The molecule has 0 aliphatic carbocycles. The van der Waals surface area contributed by atoms with Gasteiger partial charge in [0.25, 0.3) is 5.91 Å². The molecule has 0 aliphatic heterocycles. The van der Waals surface area contributed by atoms with E-state index in [4.69, 9.17) is 4.74 Å². The molecule has 1 aromatic carbocycles. The molecule has 0 radical (unpaired) electrons. The van der Waals surface area contributed by atoms with Gasteiger partial charge in [0.2, 0.25) is 5.91 Å². The third-order valence-corrected chi connectivity index (χ3v) is 3.12. The number of hydrogen-bond acceptors (Lipinski definition) is 3. The van der Waals surface area contributed by atoms with E-state index < -0.39 is 0 Å². The van der Waals surface area contributed by atoms with Crippen molar-refractivity contribution in [2.45, 2.75) is 13.3 Å². The molecule has 2 N–H and O–H groups in total. The monoisotopic (exact) mass is 328 g/mol. The molecule has 0 aliphatic rings. The predicted octanol–water partition coefficient (Wildman–Crippen LogP) is 1.71. The molecule has 6 heteroatoms. The van der Waals surface area contributed by atoms with Gasteiger partial charge in [0.1, 0.15) is 5.75 Å². The van der Waals surface area contributed by atoms with E-state index in [-0.39, 0.29) is 18.2 Å². The number of amides is 2. The molecule has 19 heavy (non-hydrogen) atoms. The van der Waals surface area contributed by atoms with Crippen LogP contribution in [0.25, 0.3) is 0 Å². The zero-order valence-electron chi connectivity index (χ0n) is 11.0. The Morgan fingerprint density at radius 1 is 1.32 bits per heavy atom. The molecule has 2 amide bonds. The SMILES string of the molecule is CCNC(=O)CCNC(=O)c1cc(OC)ccc1Br. The summed E-state index contributed by atoms with van der Waals surface area (Å²) >= 11 is 3.31. The first kappa shape index (κ1) is 15.5. The molecule has 104 valence electrons. The fourth-order valence-corrected chi connectivity index (χ4v) is 1.90. The summed E-state index contributed by atoms with van der Waals surface area (Å²) in [5.41, 5.74) is 0.482. The van der Waals surface area contributed by atoms with Crippen LogP contribution in [0.2, 0.25) is 0 Å². The summed E-state index contributed by atoms with van der Waals surface area (Å²) in [7, 11) is 1.54. The Labute approximate surface area is 120 Å². The van der Waals surface area contributed by atoms with Crippen molar-refractivity contribution in [3.05, 3.63) is 28.2 Å². The molecule has 0 fully saturated rings. The maximum atomic E-state index is 11.9. The molecule has 0 saturated carbocycles. The summed E-state index contributed by atoms with van der Waals surface area (Å²) in [6, 6.07) is 5.15. The summed E-state index contributed by atoms with van der Waals surface area (Å²) in [6.07, 6.45) is 0.265. The number of methoxy groups -OCH3 is 1. The number of benzene rings is 1. The second-order valence-corrected chi connectivity index (χ2v) is 4.66. The summed E-state index contributed by atoms with van der Waals surface area (Å²) in [5.74, 6) is 0.291. The number of nitrogens with one attached hydrogen (secondary N) is 2. The van der Waals surface area contributed by atoms with Crippen molar-refractivity contribution in [2.75, 3.05) is 20.2 Å². The van der Waals surface area contributed by atoms with Crippen LogP contribution in [0.3, 0.4) is 0 Å². The molecular weight excluding hydrogens is 312 g/mol. The Morgan fingerprint density at radius 2 is 2.05 bits per heavy atom. The Morgan fingerprint density at radius 3 is 2.68 bits per heavy atom. The van der Waals surface area contributed by atoms with Crippen molar-refractivity contribution in [1.29, 1.82) is 0 Å². The lowest BCUT2D eigenvalue weighted by Crippen LogP contribution is -2.30. The van der Waals surface area contributed by atoms with E-state index in [9.17, 15) is 9.59 Å². The highest BCUT2D eigenvalue weighted by atomic mass is 79.9. The van der Waals surface area contributed by atoms with E-state index >= 15 is 0 Å². The maximum Gasteiger partial charge on any atom is 0.252 e. The van der Waals surface area contributed by atoms with E-state index in [1.165, 1.54) is 0 Å². The summed E-state index contributed by atoms with van der Waals surface area (Å²) < 4.78 is 5.75. The fourth-order valence-electron chi connectivity index (χ4n) is 1.48. The van der Waals surface area contributed by atoms with Gasteiger partial charge in [0.15, 0.2) is 0 Å². The summed E-state index contributed by atoms with van der Waals surface area (Å²) in [4.78, 5) is 23.2. The van der Waals surface area contributed by atoms with Crippen molar-refractivity contribution in [3.8, 4) is 5.75 Å². The van der Waals surface area contributed by atoms with Gasteiger partial charge < -0.3 is 15.4 Å². The first-order chi connectivity index (χ1) is 9.08. The third kappa shape index (κ3) is 4.90. The molecule has 0 saturated heterocycles. The van der Waals surface area contributed by atoms with Crippen molar-refractivity contribution < 1.29 is 14.3 Å². The lowest BCUT2D eigenvalue weighted by Gasteiger charge is -2.08. The molecule has 0 atom stereocenters. The molecule has 0 heterocycles. The molecular formula is C13H17BrN2O3. The van der Waals surface area contributed by atoms with Crippen molar-refractivity contribution in [3.63, 3.8) is 0 Å². The van der Waals surface area contributed by atoms with Gasteiger partial charge >= 0.3 is 0 Å². The van der Waals surface area contributed by atoms with Gasteiger partial charge in [-0.3, -0.25) is 9.59 Å².